The van der Waals surface area contributed by atoms with Gasteiger partial charge in [-0.05, 0) is 24.1 Å². The van der Waals surface area contributed by atoms with Crippen LogP contribution in [0.5, 0.6) is 5.75 Å². The van der Waals surface area contributed by atoms with E-state index in [-0.39, 0.29) is 5.82 Å². The Labute approximate surface area is 88.1 Å². The van der Waals surface area contributed by atoms with E-state index in [9.17, 15) is 4.39 Å². The van der Waals surface area contributed by atoms with Crippen molar-refractivity contribution < 1.29 is 9.13 Å². The summed E-state index contributed by atoms with van der Waals surface area (Å²) in [7, 11) is 1.51. The molecule has 0 saturated carbocycles. The maximum Gasteiger partial charge on any atom is 0.127 e. The minimum atomic E-state index is -0.296. The van der Waals surface area contributed by atoms with Crippen LogP contribution in [-0.2, 0) is 0 Å². The minimum Gasteiger partial charge on any atom is -0.497 e. The Kier molecular flexibility index (Phi) is 4.47. The van der Waals surface area contributed by atoms with Crippen LogP contribution in [0.2, 0.25) is 0 Å². The molecule has 0 N–H and O–H groups in total. The van der Waals surface area contributed by atoms with Crippen molar-refractivity contribution in [1.82, 2.24) is 0 Å². The first-order valence-electron chi connectivity index (χ1n) is 4.33. The number of rotatable bonds is 4. The summed E-state index contributed by atoms with van der Waals surface area (Å²) < 4.78 is 17.9. The summed E-state index contributed by atoms with van der Waals surface area (Å²) in [5, 5.41) is 0. The SMILES string of the molecule is COc1cc(F)cc(C=CCCCl)c1. The van der Waals surface area contributed by atoms with E-state index in [1.807, 2.05) is 12.2 Å². The van der Waals surface area contributed by atoms with Gasteiger partial charge in [-0.15, -0.1) is 11.6 Å². The molecule has 0 saturated heterocycles. The summed E-state index contributed by atoms with van der Waals surface area (Å²) in [6, 6.07) is 4.57. The molecule has 0 spiro atoms. The fraction of sp³-hybridized carbons (Fsp3) is 0.273. The number of benzene rings is 1. The molecule has 1 aromatic rings. The summed E-state index contributed by atoms with van der Waals surface area (Å²) in [6.45, 7) is 0. The van der Waals surface area contributed by atoms with Gasteiger partial charge in [0, 0.05) is 11.9 Å². The minimum absolute atomic E-state index is 0.296. The summed E-state index contributed by atoms with van der Waals surface area (Å²) >= 11 is 5.51. The van der Waals surface area contributed by atoms with Crippen molar-refractivity contribution in [3.8, 4) is 5.75 Å². The zero-order chi connectivity index (χ0) is 10.4. The molecule has 76 valence electrons. The van der Waals surface area contributed by atoms with Gasteiger partial charge >= 0.3 is 0 Å². The van der Waals surface area contributed by atoms with E-state index in [2.05, 4.69) is 0 Å². The maximum atomic E-state index is 13.0. The molecular weight excluding hydrogens is 203 g/mol. The van der Waals surface area contributed by atoms with Gasteiger partial charge < -0.3 is 4.74 Å². The molecule has 0 amide bonds. The molecule has 0 fully saturated rings. The predicted octanol–water partition coefficient (Wildman–Crippen LogP) is 3.48. The third-order valence-electron chi connectivity index (χ3n) is 1.72. The Morgan fingerprint density at radius 3 is 2.86 bits per heavy atom. The van der Waals surface area contributed by atoms with Crippen molar-refractivity contribution in [2.75, 3.05) is 13.0 Å². The zero-order valence-corrected chi connectivity index (χ0v) is 8.72. The molecule has 0 radical (unpaired) electrons. The van der Waals surface area contributed by atoms with Gasteiger partial charge in [0.2, 0.25) is 0 Å². The van der Waals surface area contributed by atoms with Crippen LogP contribution in [0.25, 0.3) is 6.08 Å². The van der Waals surface area contributed by atoms with Crippen LogP contribution in [-0.4, -0.2) is 13.0 Å². The fourth-order valence-corrected chi connectivity index (χ4v) is 1.21. The van der Waals surface area contributed by atoms with Gasteiger partial charge in [0.05, 0.1) is 7.11 Å². The van der Waals surface area contributed by atoms with Crippen molar-refractivity contribution in [1.29, 1.82) is 0 Å². The van der Waals surface area contributed by atoms with Crippen LogP contribution in [0.4, 0.5) is 4.39 Å². The third-order valence-corrected chi connectivity index (χ3v) is 1.93. The molecular formula is C11H12ClFO. The summed E-state index contributed by atoms with van der Waals surface area (Å²) in [4.78, 5) is 0. The molecule has 0 aliphatic heterocycles. The lowest BCUT2D eigenvalue weighted by Gasteiger charge is -2.01. The Balaban J connectivity index is 2.81. The van der Waals surface area contributed by atoms with Gasteiger partial charge in [-0.3, -0.25) is 0 Å². The van der Waals surface area contributed by atoms with Gasteiger partial charge in [0.25, 0.3) is 0 Å². The van der Waals surface area contributed by atoms with Crippen molar-refractivity contribution in [2.45, 2.75) is 6.42 Å². The van der Waals surface area contributed by atoms with Gasteiger partial charge in [0.1, 0.15) is 11.6 Å². The van der Waals surface area contributed by atoms with Crippen LogP contribution in [0.3, 0.4) is 0 Å². The second-order valence-corrected chi connectivity index (χ2v) is 3.18. The molecule has 0 aliphatic carbocycles. The quantitative estimate of drug-likeness (QED) is 0.698. The second kappa shape index (κ2) is 5.66. The molecule has 1 rings (SSSR count). The van der Waals surface area contributed by atoms with Crippen LogP contribution in [0.1, 0.15) is 12.0 Å². The molecule has 0 unspecified atom stereocenters. The summed E-state index contributed by atoms with van der Waals surface area (Å²) in [5.74, 6) is 0.800. The monoisotopic (exact) mass is 214 g/mol. The lowest BCUT2D eigenvalue weighted by Crippen LogP contribution is -1.85. The van der Waals surface area contributed by atoms with Crippen molar-refractivity contribution in [3.05, 3.63) is 35.7 Å². The van der Waals surface area contributed by atoms with Gasteiger partial charge in [0.15, 0.2) is 0 Å². The number of allylic oxidation sites excluding steroid dienone is 1. The largest absolute Gasteiger partial charge is 0.497 e. The first-order valence-corrected chi connectivity index (χ1v) is 4.87. The normalized spacial score (nSPS) is 10.8. The van der Waals surface area contributed by atoms with Gasteiger partial charge in [-0.1, -0.05) is 12.2 Å². The van der Waals surface area contributed by atoms with Crippen LogP contribution < -0.4 is 4.74 Å². The lowest BCUT2D eigenvalue weighted by molar-refractivity contribution is 0.411. The van der Waals surface area contributed by atoms with E-state index in [1.165, 1.54) is 19.2 Å². The molecule has 0 aromatic heterocycles. The van der Waals surface area contributed by atoms with Crippen molar-refractivity contribution in [3.63, 3.8) is 0 Å². The summed E-state index contributed by atoms with van der Waals surface area (Å²) in [5.41, 5.74) is 0.784. The topological polar surface area (TPSA) is 9.23 Å². The molecule has 1 nitrogen and oxygen atoms in total. The average Bonchev–Trinajstić information content (AvgIpc) is 2.17. The number of hydrogen-bond donors (Lipinski definition) is 0. The van der Waals surface area contributed by atoms with E-state index < -0.39 is 0 Å². The second-order valence-electron chi connectivity index (χ2n) is 2.80. The van der Waals surface area contributed by atoms with Crippen LogP contribution in [0.15, 0.2) is 24.3 Å². The van der Waals surface area contributed by atoms with Crippen molar-refractivity contribution >= 4 is 17.7 Å². The molecule has 0 aliphatic rings. The summed E-state index contributed by atoms with van der Waals surface area (Å²) in [6.07, 6.45) is 4.51. The lowest BCUT2D eigenvalue weighted by atomic mass is 10.2. The third kappa shape index (κ3) is 3.38. The number of hydrogen-bond acceptors (Lipinski definition) is 1. The van der Waals surface area contributed by atoms with Crippen LogP contribution >= 0.6 is 11.6 Å². The highest BCUT2D eigenvalue weighted by molar-refractivity contribution is 6.17. The molecule has 0 heterocycles. The molecule has 1 aromatic carbocycles. The highest BCUT2D eigenvalue weighted by Gasteiger charge is 1.97. The van der Waals surface area contributed by atoms with E-state index in [0.717, 1.165) is 12.0 Å². The highest BCUT2D eigenvalue weighted by Crippen LogP contribution is 2.17. The Morgan fingerprint density at radius 2 is 2.21 bits per heavy atom. The Morgan fingerprint density at radius 1 is 1.43 bits per heavy atom. The number of alkyl halides is 1. The van der Waals surface area contributed by atoms with E-state index in [0.29, 0.717) is 11.6 Å². The Hall–Kier alpha value is -1.02. The number of halogens is 2. The number of methoxy groups -OCH3 is 1. The van der Waals surface area contributed by atoms with Crippen LogP contribution in [0, 0.1) is 5.82 Å². The fourth-order valence-electron chi connectivity index (χ4n) is 1.08. The zero-order valence-electron chi connectivity index (χ0n) is 7.97. The molecule has 0 bridgehead atoms. The average molecular weight is 215 g/mol. The molecule has 3 heteroatoms. The van der Waals surface area contributed by atoms with E-state index in [1.54, 1.807) is 6.07 Å². The highest BCUT2D eigenvalue weighted by atomic mass is 35.5. The molecule has 0 atom stereocenters. The predicted molar refractivity (Wildman–Crippen MR) is 57.3 cm³/mol. The Bertz CT molecular complexity index is 323. The number of ether oxygens (including phenoxy) is 1. The smallest absolute Gasteiger partial charge is 0.127 e. The van der Waals surface area contributed by atoms with Gasteiger partial charge in [-0.25, -0.2) is 4.39 Å². The van der Waals surface area contributed by atoms with Gasteiger partial charge in [-0.2, -0.15) is 0 Å². The first-order chi connectivity index (χ1) is 6.76. The molecule has 14 heavy (non-hydrogen) atoms. The maximum absolute atomic E-state index is 13.0. The van der Waals surface area contributed by atoms with E-state index >= 15 is 0 Å². The van der Waals surface area contributed by atoms with Crippen molar-refractivity contribution in [2.24, 2.45) is 0 Å². The standard InChI is InChI=1S/C11H12ClFO/c1-14-11-7-9(4-2-3-5-12)6-10(13)8-11/h2,4,6-8H,3,5H2,1H3. The van der Waals surface area contributed by atoms with E-state index in [4.69, 9.17) is 16.3 Å². The first kappa shape index (κ1) is 11.1.